The molecule has 0 saturated heterocycles. The number of guanidine groups is 1. The highest BCUT2D eigenvalue weighted by Crippen LogP contribution is 2.02. The van der Waals surface area contributed by atoms with Gasteiger partial charge >= 0.3 is 0 Å². The molecule has 0 heterocycles. The van der Waals surface area contributed by atoms with Crippen molar-refractivity contribution in [1.29, 1.82) is 0 Å². The Morgan fingerprint density at radius 1 is 1.53 bits per heavy atom. The molecule has 17 heavy (non-hydrogen) atoms. The quantitative estimate of drug-likeness (QED) is 0.522. The fourth-order valence-electron chi connectivity index (χ4n) is 1.10. The van der Waals surface area contributed by atoms with E-state index in [0.717, 1.165) is 0 Å². The van der Waals surface area contributed by atoms with E-state index in [9.17, 15) is 9.18 Å². The van der Waals surface area contributed by atoms with Crippen LogP contribution in [0.5, 0.6) is 0 Å². The van der Waals surface area contributed by atoms with E-state index in [1.165, 1.54) is 24.3 Å². The second-order valence-electron chi connectivity index (χ2n) is 3.51. The molecule has 0 fully saturated rings. The zero-order chi connectivity index (χ0) is 12.8. The lowest BCUT2D eigenvalue weighted by molar-refractivity contribution is 0.0976. The Kier molecular flexibility index (Phi) is 4.59. The number of nitrogens with zero attached hydrogens (tertiary/aromatic N) is 1. The van der Waals surface area contributed by atoms with E-state index in [4.69, 9.17) is 10.8 Å². The Labute approximate surface area is 98.2 Å². The molecule has 0 aliphatic carbocycles. The van der Waals surface area contributed by atoms with Gasteiger partial charge in [-0.15, -0.1) is 0 Å². The van der Waals surface area contributed by atoms with Crippen molar-refractivity contribution in [3.8, 4) is 0 Å². The smallest absolute Gasteiger partial charge is 0.257 e. The van der Waals surface area contributed by atoms with Gasteiger partial charge in [-0.05, 0) is 31.2 Å². The van der Waals surface area contributed by atoms with Gasteiger partial charge in [0.1, 0.15) is 5.82 Å². The Morgan fingerprint density at radius 3 is 2.65 bits per heavy atom. The molecule has 0 radical (unpaired) electrons. The molecule has 1 rings (SSSR count). The van der Waals surface area contributed by atoms with Crippen LogP contribution < -0.4 is 11.1 Å². The molecule has 0 aromatic heterocycles. The number of aliphatic imine (C=N–C) groups is 1. The largest absolute Gasteiger partial charge is 0.394 e. The summed E-state index contributed by atoms with van der Waals surface area (Å²) in [4.78, 5) is 15.4. The lowest BCUT2D eigenvalue weighted by Crippen LogP contribution is -2.37. The number of amides is 1. The summed E-state index contributed by atoms with van der Waals surface area (Å²) in [7, 11) is 0. The first-order chi connectivity index (χ1) is 8.02. The molecule has 1 aromatic carbocycles. The Balaban J connectivity index is 2.66. The van der Waals surface area contributed by atoms with E-state index in [1.54, 1.807) is 6.92 Å². The molecule has 5 nitrogen and oxygen atoms in total. The molecular weight excluding hydrogens is 225 g/mol. The summed E-state index contributed by atoms with van der Waals surface area (Å²) in [6.07, 6.45) is 0. The second-order valence-corrected chi connectivity index (χ2v) is 3.51. The van der Waals surface area contributed by atoms with Crippen molar-refractivity contribution in [3.63, 3.8) is 0 Å². The average Bonchev–Trinajstić information content (AvgIpc) is 2.29. The van der Waals surface area contributed by atoms with Crippen molar-refractivity contribution in [3.05, 3.63) is 35.6 Å². The van der Waals surface area contributed by atoms with Crippen molar-refractivity contribution in [2.24, 2.45) is 10.7 Å². The number of aliphatic hydroxyl groups is 1. The Bertz CT molecular complexity index is 417. The zero-order valence-corrected chi connectivity index (χ0v) is 9.35. The van der Waals surface area contributed by atoms with Crippen molar-refractivity contribution < 1.29 is 14.3 Å². The number of aliphatic hydroxyl groups excluding tert-OH is 1. The van der Waals surface area contributed by atoms with Gasteiger partial charge in [0.2, 0.25) is 0 Å². The molecule has 0 aliphatic rings. The first-order valence-electron chi connectivity index (χ1n) is 5.04. The minimum absolute atomic E-state index is 0.0825. The van der Waals surface area contributed by atoms with Crippen LogP contribution in [0.25, 0.3) is 0 Å². The first-order valence-corrected chi connectivity index (χ1v) is 5.04. The molecule has 6 heteroatoms. The van der Waals surface area contributed by atoms with Gasteiger partial charge in [-0.2, -0.15) is 0 Å². The molecule has 0 spiro atoms. The van der Waals surface area contributed by atoms with Crippen LogP contribution in [-0.2, 0) is 0 Å². The van der Waals surface area contributed by atoms with E-state index in [1.807, 2.05) is 0 Å². The summed E-state index contributed by atoms with van der Waals surface area (Å²) in [5, 5.41) is 11.1. The average molecular weight is 239 g/mol. The predicted octanol–water partition coefficient (Wildman–Crippen LogP) is 0.251. The first kappa shape index (κ1) is 13.1. The van der Waals surface area contributed by atoms with Crippen molar-refractivity contribution in [2.75, 3.05) is 6.61 Å². The normalized spacial score (nSPS) is 13.2. The summed E-state index contributed by atoms with van der Waals surface area (Å²) in [6.45, 7) is 1.49. The number of rotatable bonds is 3. The highest BCUT2D eigenvalue weighted by molar-refractivity contribution is 6.05. The van der Waals surface area contributed by atoms with E-state index in [-0.39, 0.29) is 24.2 Å². The summed E-state index contributed by atoms with van der Waals surface area (Å²) in [5.74, 6) is -0.977. The van der Waals surface area contributed by atoms with Gasteiger partial charge in [0.05, 0.1) is 12.6 Å². The van der Waals surface area contributed by atoms with Gasteiger partial charge in [0.15, 0.2) is 5.96 Å². The number of halogens is 1. The van der Waals surface area contributed by atoms with Crippen LogP contribution in [0.2, 0.25) is 0 Å². The van der Waals surface area contributed by atoms with E-state index < -0.39 is 11.7 Å². The molecule has 1 aromatic rings. The minimum atomic E-state index is -0.476. The van der Waals surface area contributed by atoms with Crippen molar-refractivity contribution >= 4 is 11.9 Å². The summed E-state index contributed by atoms with van der Waals surface area (Å²) in [6, 6.07) is 4.65. The summed E-state index contributed by atoms with van der Waals surface area (Å²) < 4.78 is 12.6. The Morgan fingerprint density at radius 2 is 2.12 bits per heavy atom. The van der Waals surface area contributed by atoms with E-state index in [2.05, 4.69) is 10.3 Å². The molecule has 1 amide bonds. The predicted molar refractivity (Wildman–Crippen MR) is 62.0 cm³/mol. The van der Waals surface area contributed by atoms with Crippen LogP contribution in [-0.4, -0.2) is 29.6 Å². The molecule has 0 aliphatic heterocycles. The zero-order valence-electron chi connectivity index (χ0n) is 9.35. The number of nitrogens with one attached hydrogen (secondary N) is 1. The molecule has 1 atom stereocenters. The summed E-state index contributed by atoms with van der Waals surface area (Å²) in [5.41, 5.74) is 5.73. The van der Waals surface area contributed by atoms with Crippen molar-refractivity contribution in [2.45, 2.75) is 13.0 Å². The molecule has 92 valence electrons. The maximum atomic E-state index is 12.6. The number of nitrogens with two attached hydrogens (primary N) is 1. The van der Waals surface area contributed by atoms with Crippen LogP contribution >= 0.6 is 0 Å². The van der Waals surface area contributed by atoms with E-state index >= 15 is 0 Å². The van der Waals surface area contributed by atoms with E-state index in [0.29, 0.717) is 0 Å². The van der Waals surface area contributed by atoms with Gasteiger partial charge in [-0.1, -0.05) is 0 Å². The third-order valence-electron chi connectivity index (χ3n) is 1.97. The molecule has 4 N–H and O–H groups in total. The van der Waals surface area contributed by atoms with Gasteiger partial charge in [0, 0.05) is 5.56 Å². The second kappa shape index (κ2) is 5.95. The third kappa shape index (κ3) is 4.20. The number of hydrogen-bond donors (Lipinski definition) is 3. The van der Waals surface area contributed by atoms with Crippen LogP contribution in [0, 0.1) is 5.82 Å². The highest BCUT2D eigenvalue weighted by atomic mass is 19.1. The van der Waals surface area contributed by atoms with Gasteiger partial charge < -0.3 is 10.8 Å². The highest BCUT2D eigenvalue weighted by Gasteiger charge is 2.07. The van der Waals surface area contributed by atoms with Crippen LogP contribution in [0.1, 0.15) is 17.3 Å². The lowest BCUT2D eigenvalue weighted by atomic mass is 10.2. The number of benzene rings is 1. The van der Waals surface area contributed by atoms with Gasteiger partial charge in [-0.3, -0.25) is 10.1 Å². The number of hydrogen-bond acceptors (Lipinski definition) is 3. The molecule has 0 bridgehead atoms. The summed E-state index contributed by atoms with van der Waals surface area (Å²) >= 11 is 0. The topological polar surface area (TPSA) is 87.7 Å². The fraction of sp³-hybridized carbons (Fsp3) is 0.273. The minimum Gasteiger partial charge on any atom is -0.394 e. The van der Waals surface area contributed by atoms with Crippen LogP contribution in [0.3, 0.4) is 0 Å². The lowest BCUT2D eigenvalue weighted by Gasteiger charge is -2.06. The fourth-order valence-corrected chi connectivity index (χ4v) is 1.10. The van der Waals surface area contributed by atoms with Gasteiger partial charge in [-0.25, -0.2) is 9.38 Å². The molecular formula is C11H14FN3O2. The molecule has 0 unspecified atom stereocenters. The Hall–Kier alpha value is -1.95. The van der Waals surface area contributed by atoms with Crippen LogP contribution in [0.4, 0.5) is 4.39 Å². The maximum Gasteiger partial charge on any atom is 0.257 e. The van der Waals surface area contributed by atoms with Crippen molar-refractivity contribution in [1.82, 2.24) is 5.32 Å². The monoisotopic (exact) mass is 239 g/mol. The standard InChI is InChI=1S/C11H14FN3O2/c1-7(6-16)14-11(13)15-10(17)8-2-4-9(12)5-3-8/h2-5,7,16H,6H2,1H3,(H3,13,14,15,17)/t7-/m0/s1. The maximum absolute atomic E-state index is 12.6. The van der Waals surface area contributed by atoms with Crippen LogP contribution in [0.15, 0.2) is 29.3 Å². The van der Waals surface area contributed by atoms with Gasteiger partial charge in [0.25, 0.3) is 5.91 Å². The molecule has 0 saturated carbocycles. The number of carbonyl (C=O) groups is 1. The SMILES string of the molecule is C[C@@H](CO)N=C(N)NC(=O)c1ccc(F)cc1. The number of carbonyl (C=O) groups excluding carboxylic acids is 1. The third-order valence-corrected chi connectivity index (χ3v) is 1.97.